The van der Waals surface area contributed by atoms with Crippen LogP contribution in [0.15, 0.2) is 0 Å². The lowest BCUT2D eigenvalue weighted by Gasteiger charge is -2.30. The Kier molecular flexibility index (Phi) is 14.0. The van der Waals surface area contributed by atoms with Crippen LogP contribution in [0.2, 0.25) is 0 Å². The number of primary amides is 1. The summed E-state index contributed by atoms with van der Waals surface area (Å²) >= 11 is 5.42. The Balaban J connectivity index is 3.58. The quantitative estimate of drug-likeness (QED) is 0.0836. The molecule has 13 nitrogen and oxygen atoms in total. The summed E-state index contributed by atoms with van der Waals surface area (Å²) < 4.78 is 5.83. The van der Waals surface area contributed by atoms with Crippen LogP contribution in [0.1, 0.15) is 27.6 Å². The molecule has 0 spiro atoms. The fraction of sp³-hybridized carbons (Fsp3) is 0.526. The van der Waals surface area contributed by atoms with Crippen molar-refractivity contribution < 1.29 is 44.7 Å². The second-order valence-electron chi connectivity index (χ2n) is 7.21. The van der Waals surface area contributed by atoms with Crippen LogP contribution in [0.4, 0.5) is 5.69 Å². The largest absolute Gasteiger partial charge is 0.394 e. The van der Waals surface area contributed by atoms with E-state index in [1.807, 2.05) is 45.2 Å². The number of hydrogen-bond donors (Lipinski definition) is 8. The summed E-state index contributed by atoms with van der Waals surface area (Å²) in [5.41, 5.74) is 11.0. The van der Waals surface area contributed by atoms with E-state index in [2.05, 4.69) is 5.32 Å². The van der Waals surface area contributed by atoms with Gasteiger partial charge in [0.15, 0.2) is 6.29 Å². The van der Waals surface area contributed by atoms with Crippen LogP contribution in [-0.2, 0) is 9.53 Å². The zero-order chi connectivity index (χ0) is 27.0. The average Bonchev–Trinajstić information content (AvgIpc) is 2.79. The highest BCUT2D eigenvalue weighted by Crippen LogP contribution is 2.36. The van der Waals surface area contributed by atoms with E-state index in [9.17, 15) is 34.8 Å². The van der Waals surface area contributed by atoms with Gasteiger partial charge in [-0.15, -0.1) is 0 Å². The number of aliphatic hydroxyl groups is 5. The van der Waals surface area contributed by atoms with Gasteiger partial charge in [0.2, 0.25) is 5.91 Å². The molecule has 1 aromatic rings. The monoisotopic (exact) mass is 836 g/mol. The van der Waals surface area contributed by atoms with Gasteiger partial charge in [0.05, 0.1) is 43.7 Å². The number of amides is 3. The van der Waals surface area contributed by atoms with E-state index in [4.69, 9.17) is 21.3 Å². The molecule has 35 heavy (non-hydrogen) atoms. The summed E-state index contributed by atoms with van der Waals surface area (Å²) in [6, 6.07) is 0. The number of ether oxygens (including phenoxy) is 1. The maximum Gasteiger partial charge on any atom is 0.256 e. The smallest absolute Gasteiger partial charge is 0.256 e. The van der Waals surface area contributed by atoms with E-state index >= 15 is 0 Å². The molecule has 3 amide bonds. The third-order valence-electron chi connectivity index (χ3n) is 4.62. The van der Waals surface area contributed by atoms with E-state index in [0.29, 0.717) is 3.57 Å². The molecule has 0 aliphatic rings. The van der Waals surface area contributed by atoms with Gasteiger partial charge in [0.1, 0.15) is 18.3 Å². The SMILES string of the molecule is CC(O)OCCN(CC(O)C(O)C(O)CO)C(=O)c1c(I)c(NC(=O)CN)c(I)c(C(N)=O)c1I. The molecule has 0 aliphatic heterocycles. The molecule has 1 aromatic carbocycles. The Bertz CT molecular complexity index is 936. The van der Waals surface area contributed by atoms with Crippen molar-refractivity contribution in [1.82, 2.24) is 4.90 Å². The third kappa shape index (κ3) is 8.81. The molecule has 4 atom stereocenters. The van der Waals surface area contributed by atoms with Crippen LogP contribution in [0.3, 0.4) is 0 Å². The molecule has 0 fully saturated rings. The Morgan fingerprint density at radius 2 is 1.60 bits per heavy atom. The van der Waals surface area contributed by atoms with Crippen molar-refractivity contribution in [2.75, 3.05) is 38.2 Å². The average molecular weight is 836 g/mol. The summed E-state index contributed by atoms with van der Waals surface area (Å²) in [4.78, 5) is 38.9. The summed E-state index contributed by atoms with van der Waals surface area (Å²) in [6.07, 6.45) is -6.24. The molecule has 198 valence electrons. The number of aliphatic hydroxyl groups excluding tert-OH is 5. The summed E-state index contributed by atoms with van der Waals surface area (Å²) in [6.45, 7) is -0.652. The lowest BCUT2D eigenvalue weighted by molar-refractivity contribution is -0.114. The fourth-order valence-corrected chi connectivity index (χ4v) is 7.26. The van der Waals surface area contributed by atoms with Crippen LogP contribution in [0.25, 0.3) is 0 Å². The Morgan fingerprint density at radius 1 is 1.03 bits per heavy atom. The van der Waals surface area contributed by atoms with Crippen molar-refractivity contribution in [3.05, 3.63) is 21.8 Å². The third-order valence-corrected chi connectivity index (χ3v) is 7.85. The van der Waals surface area contributed by atoms with Gasteiger partial charge in [-0.3, -0.25) is 14.4 Å². The molecule has 0 heterocycles. The number of nitrogens with one attached hydrogen (secondary N) is 1. The van der Waals surface area contributed by atoms with E-state index in [1.165, 1.54) is 6.92 Å². The minimum atomic E-state index is -1.77. The molecule has 1 rings (SSSR count). The lowest BCUT2D eigenvalue weighted by atomic mass is 10.1. The van der Waals surface area contributed by atoms with Crippen LogP contribution in [0, 0.1) is 10.7 Å². The summed E-state index contributed by atoms with van der Waals surface area (Å²) in [7, 11) is 0. The fourth-order valence-electron chi connectivity index (χ4n) is 2.83. The lowest BCUT2D eigenvalue weighted by Crippen LogP contribution is -2.48. The highest BCUT2D eigenvalue weighted by Gasteiger charge is 2.33. The highest BCUT2D eigenvalue weighted by molar-refractivity contribution is 14.1. The molecule has 0 saturated heterocycles. The molecular formula is C19H27I3N4O9. The molecular weight excluding hydrogens is 809 g/mol. The zero-order valence-corrected chi connectivity index (χ0v) is 24.9. The molecule has 4 unspecified atom stereocenters. The predicted octanol–water partition coefficient (Wildman–Crippen LogP) is -1.63. The highest BCUT2D eigenvalue weighted by atomic mass is 127. The van der Waals surface area contributed by atoms with Crippen LogP contribution in [-0.4, -0.2) is 106 Å². The zero-order valence-electron chi connectivity index (χ0n) is 18.4. The van der Waals surface area contributed by atoms with Gasteiger partial charge in [-0.05, 0) is 74.7 Å². The maximum absolute atomic E-state index is 13.7. The summed E-state index contributed by atoms with van der Waals surface area (Å²) in [5, 5.41) is 51.0. The number of nitrogens with two attached hydrogens (primary N) is 2. The van der Waals surface area contributed by atoms with Gasteiger partial charge in [-0.1, -0.05) is 0 Å². The van der Waals surface area contributed by atoms with Crippen molar-refractivity contribution >= 4 is 91.2 Å². The van der Waals surface area contributed by atoms with Crippen molar-refractivity contribution in [1.29, 1.82) is 0 Å². The normalized spacial score (nSPS) is 14.7. The standard InChI is InChI=1S/C19H27I3N4O9/c1-7(28)35-3-2-26(5-8(29)17(32)9(30)6-27)19(34)12-13(20)11(18(24)33)14(21)16(15(12)22)25-10(31)4-23/h7-9,17,27-30,32H,2-6,23H2,1H3,(H2,24,33)(H,25,31). The number of anilines is 1. The first-order valence-electron chi connectivity index (χ1n) is 10.0. The van der Waals surface area contributed by atoms with E-state index < -0.39 is 55.5 Å². The van der Waals surface area contributed by atoms with Gasteiger partial charge in [0.25, 0.3) is 11.8 Å². The van der Waals surface area contributed by atoms with Crippen molar-refractivity contribution in [2.45, 2.75) is 31.5 Å². The minimum absolute atomic E-state index is 0.0150. The molecule has 0 aliphatic carbocycles. The van der Waals surface area contributed by atoms with Gasteiger partial charge >= 0.3 is 0 Å². The van der Waals surface area contributed by atoms with E-state index in [-0.39, 0.29) is 43.7 Å². The number of hydrogen-bond acceptors (Lipinski definition) is 10. The van der Waals surface area contributed by atoms with Crippen molar-refractivity contribution in [3.8, 4) is 0 Å². The number of benzene rings is 1. The van der Waals surface area contributed by atoms with Crippen LogP contribution >= 0.6 is 67.8 Å². The first kappa shape index (κ1) is 32.6. The van der Waals surface area contributed by atoms with Crippen LogP contribution in [0.5, 0.6) is 0 Å². The number of carbonyl (C=O) groups is 3. The first-order valence-corrected chi connectivity index (χ1v) is 13.3. The molecule has 0 bridgehead atoms. The molecule has 0 aromatic heterocycles. The molecule has 10 N–H and O–H groups in total. The Hall–Kier alpha value is -0.460. The first-order chi connectivity index (χ1) is 16.3. The maximum atomic E-state index is 13.7. The topological polar surface area (TPSA) is 229 Å². The number of nitrogens with zero attached hydrogens (tertiary/aromatic N) is 1. The number of rotatable bonds is 13. The molecule has 0 radical (unpaired) electrons. The van der Waals surface area contributed by atoms with Gasteiger partial charge in [-0.2, -0.15) is 0 Å². The second kappa shape index (κ2) is 15.1. The van der Waals surface area contributed by atoms with E-state index in [1.54, 1.807) is 22.6 Å². The number of carbonyl (C=O) groups excluding carboxylic acids is 3. The minimum Gasteiger partial charge on any atom is -0.394 e. The number of halogens is 3. The second-order valence-corrected chi connectivity index (χ2v) is 10.4. The van der Waals surface area contributed by atoms with Gasteiger partial charge in [0, 0.05) is 16.7 Å². The van der Waals surface area contributed by atoms with Gasteiger partial charge in [-0.25, -0.2) is 0 Å². The Morgan fingerprint density at radius 3 is 2.09 bits per heavy atom. The van der Waals surface area contributed by atoms with Crippen molar-refractivity contribution in [3.63, 3.8) is 0 Å². The summed E-state index contributed by atoms with van der Waals surface area (Å²) in [5.74, 6) is -2.15. The van der Waals surface area contributed by atoms with Gasteiger partial charge < -0.3 is 52.0 Å². The van der Waals surface area contributed by atoms with Crippen LogP contribution < -0.4 is 16.8 Å². The Labute approximate surface area is 242 Å². The molecule has 16 heteroatoms. The molecule has 0 saturated carbocycles. The van der Waals surface area contributed by atoms with Crippen molar-refractivity contribution in [2.24, 2.45) is 11.5 Å². The van der Waals surface area contributed by atoms with E-state index in [0.717, 1.165) is 4.90 Å². The predicted molar refractivity (Wildman–Crippen MR) is 149 cm³/mol.